The highest BCUT2D eigenvalue weighted by Gasteiger charge is 2.42. The van der Waals surface area contributed by atoms with Crippen LogP contribution in [0.1, 0.15) is 62.2 Å². The summed E-state index contributed by atoms with van der Waals surface area (Å²) in [4.78, 5) is 18.1. The van der Waals surface area contributed by atoms with E-state index in [1.807, 2.05) is 10.6 Å². The van der Waals surface area contributed by atoms with Gasteiger partial charge in [-0.05, 0) is 50.5 Å². The fourth-order valence-corrected chi connectivity index (χ4v) is 4.70. The van der Waals surface area contributed by atoms with Gasteiger partial charge < -0.3 is 0 Å². The smallest absolute Gasteiger partial charge is 0.293 e. The van der Waals surface area contributed by atoms with Crippen LogP contribution in [0.3, 0.4) is 0 Å². The number of fused-ring (bicyclic) bond motifs is 5. The van der Waals surface area contributed by atoms with E-state index in [1.54, 1.807) is 11.3 Å². The molecule has 2 aromatic rings. The summed E-state index contributed by atoms with van der Waals surface area (Å²) in [6.45, 7) is 4.17. The molecule has 0 aliphatic heterocycles. The van der Waals surface area contributed by atoms with Crippen LogP contribution in [-0.2, 0) is 0 Å². The van der Waals surface area contributed by atoms with E-state index in [1.165, 1.54) is 30.5 Å². The van der Waals surface area contributed by atoms with Crippen LogP contribution in [-0.4, -0.2) is 9.55 Å². The van der Waals surface area contributed by atoms with Crippen molar-refractivity contribution in [1.82, 2.24) is 9.55 Å². The Morgan fingerprint density at radius 2 is 2.15 bits per heavy atom. The maximum atomic E-state index is 12.5. The monoisotopic (exact) mass is 286 g/mol. The summed E-state index contributed by atoms with van der Waals surface area (Å²) >= 11 is 1.68. The molecule has 1 saturated carbocycles. The van der Waals surface area contributed by atoms with Crippen molar-refractivity contribution in [3.05, 3.63) is 39.3 Å². The number of rotatable bonds is 2. The van der Waals surface area contributed by atoms with Crippen LogP contribution >= 0.6 is 11.3 Å². The van der Waals surface area contributed by atoms with Crippen LogP contribution in [0.25, 0.3) is 10.6 Å². The fraction of sp³-hybridized carbons (Fsp3) is 0.500. The van der Waals surface area contributed by atoms with Crippen molar-refractivity contribution < 1.29 is 0 Å². The SMILES string of the molecule is CC(C)n1c2c(c(-c3cccs3)nc1=O)C1CCC2C1. The van der Waals surface area contributed by atoms with Crippen molar-refractivity contribution in [3.63, 3.8) is 0 Å². The Morgan fingerprint density at radius 1 is 1.35 bits per heavy atom. The van der Waals surface area contributed by atoms with E-state index < -0.39 is 0 Å². The molecule has 104 valence electrons. The van der Waals surface area contributed by atoms with Crippen molar-refractivity contribution in [2.24, 2.45) is 0 Å². The zero-order valence-electron chi connectivity index (χ0n) is 11.8. The van der Waals surface area contributed by atoms with Crippen molar-refractivity contribution in [2.45, 2.75) is 51.0 Å². The van der Waals surface area contributed by atoms with Crippen LogP contribution < -0.4 is 5.69 Å². The van der Waals surface area contributed by atoms with E-state index in [9.17, 15) is 4.79 Å². The van der Waals surface area contributed by atoms with Crippen LogP contribution in [0.5, 0.6) is 0 Å². The van der Waals surface area contributed by atoms with Gasteiger partial charge in [-0.1, -0.05) is 6.07 Å². The minimum atomic E-state index is -0.0744. The first-order valence-electron chi connectivity index (χ1n) is 7.37. The second-order valence-corrected chi connectivity index (χ2v) is 7.14. The third kappa shape index (κ3) is 1.57. The van der Waals surface area contributed by atoms with Crippen molar-refractivity contribution in [2.75, 3.05) is 0 Å². The van der Waals surface area contributed by atoms with Crippen molar-refractivity contribution in [1.29, 1.82) is 0 Å². The summed E-state index contributed by atoms with van der Waals surface area (Å²) in [7, 11) is 0. The molecule has 2 aliphatic carbocycles. The highest BCUT2D eigenvalue weighted by molar-refractivity contribution is 7.13. The molecular weight excluding hydrogens is 268 g/mol. The van der Waals surface area contributed by atoms with Gasteiger partial charge in [-0.2, -0.15) is 4.98 Å². The molecule has 20 heavy (non-hydrogen) atoms. The molecule has 0 N–H and O–H groups in total. The van der Waals surface area contributed by atoms with E-state index in [-0.39, 0.29) is 11.7 Å². The van der Waals surface area contributed by atoms with Gasteiger partial charge >= 0.3 is 5.69 Å². The first kappa shape index (κ1) is 12.3. The second-order valence-electron chi connectivity index (χ2n) is 6.19. The molecule has 2 bridgehead atoms. The quantitative estimate of drug-likeness (QED) is 0.838. The Balaban J connectivity index is 2.05. The van der Waals surface area contributed by atoms with Crippen LogP contribution in [0.2, 0.25) is 0 Å². The van der Waals surface area contributed by atoms with E-state index in [0.717, 1.165) is 10.6 Å². The van der Waals surface area contributed by atoms with Crippen LogP contribution in [0.4, 0.5) is 0 Å². The molecule has 4 heteroatoms. The molecule has 3 nitrogen and oxygen atoms in total. The van der Waals surface area contributed by atoms with Gasteiger partial charge in [0, 0.05) is 23.2 Å². The van der Waals surface area contributed by atoms with Crippen LogP contribution in [0.15, 0.2) is 22.3 Å². The predicted molar refractivity (Wildman–Crippen MR) is 81.5 cm³/mol. The van der Waals surface area contributed by atoms with E-state index in [4.69, 9.17) is 0 Å². The molecule has 2 aromatic heterocycles. The first-order valence-corrected chi connectivity index (χ1v) is 8.25. The lowest BCUT2D eigenvalue weighted by Gasteiger charge is -2.24. The summed E-state index contributed by atoms with van der Waals surface area (Å²) in [6.07, 6.45) is 3.71. The molecule has 1 fully saturated rings. The minimum absolute atomic E-state index is 0.0744. The van der Waals surface area contributed by atoms with Crippen LogP contribution in [0, 0.1) is 0 Å². The number of hydrogen-bond acceptors (Lipinski definition) is 3. The van der Waals surface area contributed by atoms with Gasteiger partial charge in [-0.25, -0.2) is 4.79 Å². The zero-order valence-corrected chi connectivity index (χ0v) is 12.6. The number of aromatic nitrogens is 2. The third-order valence-corrected chi connectivity index (χ3v) is 5.58. The Kier molecular flexibility index (Phi) is 2.64. The number of nitrogens with zero attached hydrogens (tertiary/aromatic N) is 2. The molecule has 0 radical (unpaired) electrons. The highest BCUT2D eigenvalue weighted by atomic mass is 32.1. The Hall–Kier alpha value is -1.42. The zero-order chi connectivity index (χ0) is 13.9. The molecule has 0 amide bonds. The Bertz CT molecular complexity index is 715. The molecule has 0 aromatic carbocycles. The fourth-order valence-electron chi connectivity index (χ4n) is 3.98. The lowest BCUT2D eigenvalue weighted by atomic mass is 9.93. The standard InChI is InChI=1S/C16H18N2OS/c1-9(2)18-15-11-6-5-10(8-11)13(15)14(17-16(18)19)12-4-3-7-20-12/h3-4,7,9-11H,5-6,8H2,1-2H3. The summed E-state index contributed by atoms with van der Waals surface area (Å²) in [5, 5.41) is 2.06. The van der Waals surface area contributed by atoms with Gasteiger partial charge in [0.2, 0.25) is 0 Å². The maximum absolute atomic E-state index is 12.5. The minimum Gasteiger partial charge on any atom is -0.293 e. The molecule has 2 atom stereocenters. The van der Waals surface area contributed by atoms with Gasteiger partial charge in [-0.3, -0.25) is 4.57 Å². The topological polar surface area (TPSA) is 34.9 Å². The molecular formula is C16H18N2OS. The van der Waals surface area contributed by atoms with E-state index in [2.05, 4.69) is 30.3 Å². The van der Waals surface area contributed by atoms with E-state index in [0.29, 0.717) is 11.8 Å². The molecule has 0 saturated heterocycles. The van der Waals surface area contributed by atoms with E-state index >= 15 is 0 Å². The predicted octanol–water partition coefficient (Wildman–Crippen LogP) is 3.92. The van der Waals surface area contributed by atoms with Gasteiger partial charge in [0.25, 0.3) is 0 Å². The average molecular weight is 286 g/mol. The molecule has 2 aliphatic rings. The third-order valence-electron chi connectivity index (χ3n) is 4.70. The number of hydrogen-bond donors (Lipinski definition) is 0. The summed E-state index contributed by atoms with van der Waals surface area (Å²) < 4.78 is 1.94. The van der Waals surface area contributed by atoms with Crippen molar-refractivity contribution >= 4 is 11.3 Å². The first-order chi connectivity index (χ1) is 9.66. The lowest BCUT2D eigenvalue weighted by molar-refractivity contribution is 0.508. The molecule has 2 heterocycles. The molecule has 0 spiro atoms. The average Bonchev–Trinajstić information content (AvgIpc) is 3.14. The lowest BCUT2D eigenvalue weighted by Crippen LogP contribution is -2.30. The summed E-state index contributed by atoms with van der Waals surface area (Å²) in [5.74, 6) is 1.19. The molecule has 2 unspecified atom stereocenters. The van der Waals surface area contributed by atoms with Gasteiger partial charge in [0.1, 0.15) is 0 Å². The van der Waals surface area contributed by atoms with Gasteiger partial charge in [0.05, 0.1) is 10.6 Å². The largest absolute Gasteiger partial charge is 0.348 e. The molecule has 4 rings (SSSR count). The maximum Gasteiger partial charge on any atom is 0.348 e. The Morgan fingerprint density at radius 3 is 2.85 bits per heavy atom. The summed E-state index contributed by atoms with van der Waals surface area (Å²) in [6, 6.07) is 4.31. The van der Waals surface area contributed by atoms with Gasteiger partial charge in [-0.15, -0.1) is 11.3 Å². The normalized spacial score (nSPS) is 23.6. The second kappa shape index (κ2) is 4.29. The van der Waals surface area contributed by atoms with Crippen molar-refractivity contribution in [3.8, 4) is 10.6 Å². The highest BCUT2D eigenvalue weighted by Crippen LogP contribution is 2.55. The Labute approximate surface area is 122 Å². The van der Waals surface area contributed by atoms with Gasteiger partial charge in [0.15, 0.2) is 0 Å². The summed E-state index contributed by atoms with van der Waals surface area (Å²) in [5.41, 5.74) is 3.55. The number of thiophene rings is 1.